The average Bonchev–Trinajstić information content (AvgIpc) is 2.52. The van der Waals surface area contributed by atoms with Crippen LogP contribution >= 0.6 is 0 Å². The minimum atomic E-state index is -0.0470. The third-order valence-corrected chi connectivity index (χ3v) is 2.92. The third-order valence-electron chi connectivity index (χ3n) is 2.92. The minimum absolute atomic E-state index is 0.0470. The van der Waals surface area contributed by atoms with Gasteiger partial charge in [-0.3, -0.25) is 4.79 Å². The van der Waals surface area contributed by atoms with Crippen LogP contribution in [0, 0.1) is 11.8 Å². The molecule has 0 aliphatic rings. The Bertz CT molecular complexity index is 699. The smallest absolute Gasteiger partial charge is 0.168 e. The van der Waals surface area contributed by atoms with Crippen molar-refractivity contribution in [3.8, 4) is 17.6 Å². The summed E-state index contributed by atoms with van der Waals surface area (Å²) in [6.45, 7) is 1.52. The van der Waals surface area contributed by atoms with E-state index in [0.717, 1.165) is 16.9 Å². The first-order valence-electron chi connectivity index (χ1n) is 6.63. The Balaban J connectivity index is 2.28. The molecule has 0 heterocycles. The normalized spacial score (nSPS) is 10.5. The number of benzene rings is 2. The molecular formula is C19H16O2. The summed E-state index contributed by atoms with van der Waals surface area (Å²) in [5.74, 6) is 6.69. The topological polar surface area (TPSA) is 26.3 Å². The fourth-order valence-electron chi connectivity index (χ4n) is 1.75. The van der Waals surface area contributed by atoms with E-state index >= 15 is 0 Å². The zero-order chi connectivity index (χ0) is 15.1. The van der Waals surface area contributed by atoms with Crippen molar-refractivity contribution in [2.75, 3.05) is 7.11 Å². The predicted molar refractivity (Wildman–Crippen MR) is 85.0 cm³/mol. The van der Waals surface area contributed by atoms with Crippen LogP contribution in [0.4, 0.5) is 0 Å². The number of ether oxygens (including phenoxy) is 1. The molecule has 0 saturated carbocycles. The van der Waals surface area contributed by atoms with E-state index in [0.29, 0.717) is 5.57 Å². The summed E-state index contributed by atoms with van der Waals surface area (Å²) >= 11 is 0. The van der Waals surface area contributed by atoms with Crippen molar-refractivity contribution in [3.63, 3.8) is 0 Å². The number of hydrogen-bond donors (Lipinski definition) is 0. The van der Waals surface area contributed by atoms with Gasteiger partial charge in [0.2, 0.25) is 0 Å². The van der Waals surface area contributed by atoms with Crippen LogP contribution in [0.15, 0.2) is 60.2 Å². The van der Waals surface area contributed by atoms with Crippen LogP contribution in [0.25, 0.3) is 6.08 Å². The first kappa shape index (κ1) is 14.6. The molecule has 0 aliphatic carbocycles. The lowest BCUT2D eigenvalue weighted by molar-refractivity contribution is -0.113. The largest absolute Gasteiger partial charge is 0.497 e. The van der Waals surface area contributed by atoms with E-state index in [1.165, 1.54) is 6.92 Å². The average molecular weight is 276 g/mol. The lowest BCUT2D eigenvalue weighted by atomic mass is 10.1. The molecule has 2 aromatic carbocycles. The number of allylic oxidation sites excluding steroid dienone is 1. The first-order valence-corrected chi connectivity index (χ1v) is 6.63. The molecule has 21 heavy (non-hydrogen) atoms. The van der Waals surface area contributed by atoms with Crippen LogP contribution in [-0.4, -0.2) is 12.9 Å². The van der Waals surface area contributed by atoms with Gasteiger partial charge >= 0.3 is 0 Å². The molecule has 2 rings (SSSR count). The fourth-order valence-corrected chi connectivity index (χ4v) is 1.75. The monoisotopic (exact) mass is 276 g/mol. The molecule has 0 amide bonds. The van der Waals surface area contributed by atoms with Crippen LogP contribution in [0.3, 0.4) is 0 Å². The van der Waals surface area contributed by atoms with Crippen LogP contribution < -0.4 is 4.74 Å². The van der Waals surface area contributed by atoms with Gasteiger partial charge in [0.1, 0.15) is 5.75 Å². The fraction of sp³-hybridized carbons (Fsp3) is 0.105. The molecule has 2 heteroatoms. The lowest BCUT2D eigenvalue weighted by Crippen LogP contribution is -1.93. The molecule has 0 saturated heterocycles. The van der Waals surface area contributed by atoms with Crippen molar-refractivity contribution >= 4 is 11.9 Å². The second kappa shape index (κ2) is 7.12. The Morgan fingerprint density at radius 3 is 2.29 bits per heavy atom. The second-order valence-corrected chi connectivity index (χ2v) is 4.50. The van der Waals surface area contributed by atoms with Crippen LogP contribution in [0.5, 0.6) is 5.75 Å². The van der Waals surface area contributed by atoms with Crippen molar-refractivity contribution in [3.05, 3.63) is 71.3 Å². The zero-order valence-corrected chi connectivity index (χ0v) is 12.1. The molecule has 0 spiro atoms. The summed E-state index contributed by atoms with van der Waals surface area (Å²) in [6.07, 6.45) is 1.79. The maximum Gasteiger partial charge on any atom is 0.168 e. The van der Waals surface area contributed by atoms with Gasteiger partial charge in [-0.25, -0.2) is 0 Å². The van der Waals surface area contributed by atoms with E-state index in [1.807, 2.05) is 54.6 Å². The number of hydrogen-bond acceptors (Lipinski definition) is 2. The number of ketones is 1. The molecule has 0 bridgehead atoms. The number of carbonyl (C=O) groups excluding carboxylic acids is 1. The van der Waals surface area contributed by atoms with E-state index in [4.69, 9.17) is 4.74 Å². The molecule has 0 atom stereocenters. The third kappa shape index (κ3) is 4.36. The Labute approximate surface area is 125 Å². The molecule has 0 aliphatic heterocycles. The van der Waals surface area contributed by atoms with Gasteiger partial charge in [0.05, 0.1) is 12.7 Å². The van der Waals surface area contributed by atoms with Gasteiger partial charge in [-0.2, -0.15) is 0 Å². The Kier molecular flexibility index (Phi) is 4.95. The lowest BCUT2D eigenvalue weighted by Gasteiger charge is -2.00. The highest BCUT2D eigenvalue weighted by atomic mass is 16.5. The zero-order valence-electron chi connectivity index (χ0n) is 12.1. The Morgan fingerprint density at radius 2 is 1.71 bits per heavy atom. The summed E-state index contributed by atoms with van der Waals surface area (Å²) < 4.78 is 5.11. The van der Waals surface area contributed by atoms with Crippen molar-refractivity contribution in [1.29, 1.82) is 0 Å². The molecule has 104 valence electrons. The van der Waals surface area contributed by atoms with E-state index in [2.05, 4.69) is 11.8 Å². The van der Waals surface area contributed by atoms with Gasteiger partial charge in [-0.05, 0) is 42.8 Å². The molecule has 0 N–H and O–H groups in total. The highest BCUT2D eigenvalue weighted by molar-refractivity contribution is 6.02. The quantitative estimate of drug-likeness (QED) is 0.631. The van der Waals surface area contributed by atoms with Crippen LogP contribution in [0.2, 0.25) is 0 Å². The number of carbonyl (C=O) groups is 1. The second-order valence-electron chi connectivity index (χ2n) is 4.50. The van der Waals surface area contributed by atoms with Gasteiger partial charge in [0.25, 0.3) is 0 Å². The van der Waals surface area contributed by atoms with Crippen LogP contribution in [-0.2, 0) is 4.79 Å². The summed E-state index contributed by atoms with van der Waals surface area (Å²) in [5.41, 5.74) is 2.30. The van der Waals surface area contributed by atoms with Gasteiger partial charge in [0, 0.05) is 5.56 Å². The van der Waals surface area contributed by atoms with Crippen molar-refractivity contribution in [2.24, 2.45) is 0 Å². The summed E-state index contributed by atoms with van der Waals surface area (Å²) in [5, 5.41) is 0. The standard InChI is InChI=1S/C19H16O2/c1-15(20)18(11-8-16-6-4-3-5-7-16)14-17-9-12-19(21-2)13-10-17/h3-7,9-10,12-14H,1-2H3/b18-14-. The van der Waals surface area contributed by atoms with Gasteiger partial charge in [-0.15, -0.1) is 0 Å². The maximum absolute atomic E-state index is 11.7. The Hall–Kier alpha value is -2.79. The van der Waals surface area contributed by atoms with E-state index in [9.17, 15) is 4.79 Å². The molecular weight excluding hydrogens is 260 g/mol. The predicted octanol–water partition coefficient (Wildman–Crippen LogP) is 3.72. The molecule has 0 aromatic heterocycles. The molecule has 0 unspecified atom stereocenters. The van der Waals surface area contributed by atoms with Gasteiger partial charge < -0.3 is 4.74 Å². The van der Waals surface area contributed by atoms with E-state index in [-0.39, 0.29) is 5.78 Å². The first-order chi connectivity index (χ1) is 10.2. The molecule has 2 nitrogen and oxygen atoms in total. The highest BCUT2D eigenvalue weighted by Gasteiger charge is 2.01. The van der Waals surface area contributed by atoms with Crippen LogP contribution in [0.1, 0.15) is 18.1 Å². The van der Waals surface area contributed by atoms with Crippen molar-refractivity contribution in [2.45, 2.75) is 6.92 Å². The van der Waals surface area contributed by atoms with E-state index in [1.54, 1.807) is 13.2 Å². The SMILES string of the molecule is COc1ccc(/C=C(/C#Cc2ccccc2)C(C)=O)cc1. The van der Waals surface area contributed by atoms with Crippen molar-refractivity contribution < 1.29 is 9.53 Å². The van der Waals surface area contributed by atoms with Gasteiger partial charge in [-0.1, -0.05) is 42.2 Å². The summed E-state index contributed by atoms with van der Waals surface area (Å²) in [4.78, 5) is 11.7. The molecule has 0 fully saturated rings. The number of rotatable bonds is 3. The highest BCUT2D eigenvalue weighted by Crippen LogP contribution is 2.14. The minimum Gasteiger partial charge on any atom is -0.497 e. The summed E-state index contributed by atoms with van der Waals surface area (Å²) in [7, 11) is 1.62. The Morgan fingerprint density at radius 1 is 1.05 bits per heavy atom. The van der Waals surface area contributed by atoms with Gasteiger partial charge in [0.15, 0.2) is 5.78 Å². The van der Waals surface area contributed by atoms with E-state index < -0.39 is 0 Å². The summed E-state index contributed by atoms with van der Waals surface area (Å²) in [6, 6.07) is 17.1. The molecule has 2 aromatic rings. The molecule has 0 radical (unpaired) electrons. The maximum atomic E-state index is 11.7. The number of methoxy groups -OCH3 is 1. The number of Topliss-reactive ketones (excluding diaryl/α,β-unsaturated/α-hetero) is 1. The van der Waals surface area contributed by atoms with Crippen molar-refractivity contribution in [1.82, 2.24) is 0 Å².